The van der Waals surface area contributed by atoms with Crippen LogP contribution in [-0.2, 0) is 0 Å². The molecule has 2 heterocycles. The van der Waals surface area contributed by atoms with Crippen LogP contribution in [0.15, 0.2) is 42.5 Å². The molecule has 2 aromatic carbocycles. The zero-order chi connectivity index (χ0) is 22.8. The fraction of sp³-hybridized carbons (Fsp3) is 0.370. The summed E-state index contributed by atoms with van der Waals surface area (Å²) in [7, 11) is 0. The Morgan fingerprint density at radius 2 is 1.81 bits per heavy atom. The Morgan fingerprint density at radius 3 is 2.41 bits per heavy atom. The van der Waals surface area contributed by atoms with Gasteiger partial charge in [0.05, 0.1) is 23.0 Å². The third kappa shape index (κ3) is 4.31. The number of nitrogens with zero attached hydrogens (tertiary/aromatic N) is 3. The van der Waals surface area contributed by atoms with E-state index >= 15 is 0 Å². The van der Waals surface area contributed by atoms with Crippen molar-refractivity contribution in [1.82, 2.24) is 14.9 Å². The number of piperidine rings is 1. The maximum Gasteiger partial charge on any atom is 0.253 e. The highest BCUT2D eigenvalue weighted by atomic mass is 16.2. The molecule has 5 nitrogen and oxygen atoms in total. The minimum Gasteiger partial charge on any atom is -0.342 e. The highest BCUT2D eigenvalue weighted by Gasteiger charge is 2.25. The maximum absolute atomic E-state index is 13.3. The molecule has 0 bridgehead atoms. The fourth-order valence-corrected chi connectivity index (χ4v) is 4.47. The summed E-state index contributed by atoms with van der Waals surface area (Å²) in [4.78, 5) is 23.4. The molecule has 0 saturated carbocycles. The van der Waals surface area contributed by atoms with E-state index in [9.17, 15) is 4.79 Å². The van der Waals surface area contributed by atoms with Crippen molar-refractivity contribution in [3.8, 4) is 17.3 Å². The molecule has 1 saturated heterocycles. The quantitative estimate of drug-likeness (QED) is 0.581. The Kier molecular flexibility index (Phi) is 6.14. The lowest BCUT2D eigenvalue weighted by Crippen LogP contribution is -2.37. The Bertz CT molecular complexity index is 1160. The van der Waals surface area contributed by atoms with Gasteiger partial charge in [-0.2, -0.15) is 5.26 Å². The van der Waals surface area contributed by atoms with Gasteiger partial charge < -0.3 is 9.88 Å². The first-order valence-corrected chi connectivity index (χ1v) is 11.3. The molecule has 1 amide bonds. The summed E-state index contributed by atoms with van der Waals surface area (Å²) >= 11 is 0. The van der Waals surface area contributed by atoms with E-state index in [4.69, 9.17) is 5.26 Å². The van der Waals surface area contributed by atoms with Crippen molar-refractivity contribution in [2.45, 2.75) is 52.4 Å². The number of carbonyl (C=O) groups excluding carboxylic acids is 1. The molecule has 0 spiro atoms. The number of nitriles is 1. The minimum atomic E-state index is 0.0887. The Hall–Kier alpha value is -3.39. The smallest absolute Gasteiger partial charge is 0.253 e. The number of nitrogens with one attached hydrogen (secondary N) is 1. The van der Waals surface area contributed by atoms with Crippen molar-refractivity contribution < 1.29 is 4.79 Å². The van der Waals surface area contributed by atoms with Crippen molar-refractivity contribution >= 4 is 5.91 Å². The van der Waals surface area contributed by atoms with Crippen molar-refractivity contribution in [2.24, 2.45) is 0 Å². The number of hydrogen-bond donors (Lipinski definition) is 1. The lowest BCUT2D eigenvalue weighted by Gasteiger charge is -2.32. The second kappa shape index (κ2) is 9.00. The van der Waals surface area contributed by atoms with Gasteiger partial charge in [0.2, 0.25) is 0 Å². The Labute approximate surface area is 190 Å². The van der Waals surface area contributed by atoms with Gasteiger partial charge in [-0.25, -0.2) is 4.98 Å². The van der Waals surface area contributed by atoms with Gasteiger partial charge in [0.15, 0.2) is 0 Å². The summed E-state index contributed by atoms with van der Waals surface area (Å²) in [5, 5.41) is 8.99. The van der Waals surface area contributed by atoms with Gasteiger partial charge >= 0.3 is 0 Å². The molecule has 0 unspecified atom stereocenters. The van der Waals surface area contributed by atoms with Crippen LogP contribution in [0.3, 0.4) is 0 Å². The fourth-order valence-electron chi connectivity index (χ4n) is 4.47. The van der Waals surface area contributed by atoms with E-state index in [1.54, 1.807) is 0 Å². The Balaban J connectivity index is 1.49. The monoisotopic (exact) mass is 426 g/mol. The third-order valence-electron chi connectivity index (χ3n) is 6.50. The molecule has 164 valence electrons. The van der Waals surface area contributed by atoms with Crippen LogP contribution in [0.25, 0.3) is 11.3 Å². The number of H-pyrrole nitrogens is 1. The van der Waals surface area contributed by atoms with E-state index in [-0.39, 0.29) is 5.91 Å². The summed E-state index contributed by atoms with van der Waals surface area (Å²) in [5.41, 5.74) is 6.80. The first kappa shape index (κ1) is 21.8. The van der Waals surface area contributed by atoms with Crippen molar-refractivity contribution in [3.05, 3.63) is 76.2 Å². The van der Waals surface area contributed by atoms with E-state index in [2.05, 4.69) is 36.8 Å². The molecule has 5 heteroatoms. The predicted molar refractivity (Wildman–Crippen MR) is 127 cm³/mol. The molecule has 1 N–H and O–H groups in total. The summed E-state index contributed by atoms with van der Waals surface area (Å²) in [6.45, 7) is 9.81. The molecule has 32 heavy (non-hydrogen) atoms. The number of amides is 1. The molecule has 3 aromatic rings. The van der Waals surface area contributed by atoms with E-state index in [0.29, 0.717) is 17.4 Å². The molecule has 0 radical (unpaired) electrons. The molecule has 1 aliphatic heterocycles. The third-order valence-corrected chi connectivity index (χ3v) is 6.50. The first-order valence-electron chi connectivity index (χ1n) is 11.3. The van der Waals surface area contributed by atoms with Gasteiger partial charge in [0.25, 0.3) is 5.91 Å². The maximum atomic E-state index is 13.3. The van der Waals surface area contributed by atoms with E-state index < -0.39 is 0 Å². The lowest BCUT2D eigenvalue weighted by molar-refractivity contribution is 0.0713. The van der Waals surface area contributed by atoms with E-state index in [0.717, 1.165) is 59.8 Å². The number of aryl methyl sites for hydroxylation is 2. The van der Waals surface area contributed by atoms with Crippen LogP contribution in [0.5, 0.6) is 0 Å². The molecule has 0 atom stereocenters. The van der Waals surface area contributed by atoms with Crippen LogP contribution < -0.4 is 0 Å². The number of aromatic nitrogens is 2. The summed E-state index contributed by atoms with van der Waals surface area (Å²) in [6.07, 6.45) is 1.88. The predicted octanol–water partition coefficient (Wildman–Crippen LogP) is 5.71. The summed E-state index contributed by atoms with van der Waals surface area (Å²) < 4.78 is 0. The van der Waals surface area contributed by atoms with Crippen LogP contribution >= 0.6 is 0 Å². The highest BCUT2D eigenvalue weighted by Crippen LogP contribution is 2.31. The second-order valence-electron chi connectivity index (χ2n) is 9.07. The van der Waals surface area contributed by atoms with Crippen molar-refractivity contribution in [2.75, 3.05) is 13.1 Å². The molecular formula is C27H30N4O. The average molecular weight is 427 g/mol. The molecule has 1 aromatic heterocycles. The number of aromatic amines is 1. The lowest BCUT2D eigenvalue weighted by atomic mass is 9.88. The number of carbonyl (C=O) groups is 1. The molecular weight excluding hydrogens is 396 g/mol. The number of imidazole rings is 1. The van der Waals surface area contributed by atoms with Crippen LogP contribution in [0.2, 0.25) is 0 Å². The summed E-state index contributed by atoms with van der Waals surface area (Å²) in [5.74, 6) is 1.82. The molecule has 1 fully saturated rings. The van der Waals surface area contributed by atoms with E-state index in [1.807, 2.05) is 54.3 Å². The summed E-state index contributed by atoms with van der Waals surface area (Å²) in [6, 6.07) is 16.0. The van der Waals surface area contributed by atoms with Crippen LogP contribution in [0.4, 0.5) is 0 Å². The van der Waals surface area contributed by atoms with Gasteiger partial charge in [-0.15, -0.1) is 0 Å². The van der Waals surface area contributed by atoms with E-state index in [1.165, 1.54) is 5.56 Å². The molecule has 0 aliphatic carbocycles. The SMILES string of the molecule is Cc1ccc(C(=O)N2CCC(c3ccc(C#N)cc3)CC2)cc1-c1[nH]c(C(C)C)nc1C. The number of benzene rings is 2. The Morgan fingerprint density at radius 1 is 1.12 bits per heavy atom. The van der Waals surface area contributed by atoms with Crippen LogP contribution in [0, 0.1) is 25.2 Å². The second-order valence-corrected chi connectivity index (χ2v) is 9.07. The number of likely N-dealkylation sites (tertiary alicyclic amines) is 1. The zero-order valence-corrected chi connectivity index (χ0v) is 19.3. The number of hydrogen-bond acceptors (Lipinski definition) is 3. The van der Waals surface area contributed by atoms with Gasteiger partial charge in [0.1, 0.15) is 5.82 Å². The van der Waals surface area contributed by atoms with Crippen LogP contribution in [0.1, 0.15) is 77.1 Å². The molecule has 1 aliphatic rings. The topological polar surface area (TPSA) is 72.8 Å². The minimum absolute atomic E-state index is 0.0887. The number of rotatable bonds is 4. The standard InChI is InChI=1S/C27H30N4O/c1-17(2)26-29-19(4)25(30-26)24-15-23(8-5-18(24)3)27(32)31-13-11-22(12-14-31)21-9-6-20(16-28)7-10-21/h5-10,15,17,22H,11-14H2,1-4H3,(H,29,30). The largest absolute Gasteiger partial charge is 0.342 e. The van der Waals surface area contributed by atoms with Gasteiger partial charge in [-0.3, -0.25) is 4.79 Å². The van der Waals surface area contributed by atoms with Gasteiger partial charge in [0, 0.05) is 30.1 Å². The van der Waals surface area contributed by atoms with Crippen molar-refractivity contribution in [3.63, 3.8) is 0 Å². The van der Waals surface area contributed by atoms with Crippen LogP contribution in [-0.4, -0.2) is 33.9 Å². The highest BCUT2D eigenvalue weighted by molar-refractivity contribution is 5.95. The first-order chi connectivity index (χ1) is 15.4. The molecule has 4 rings (SSSR count). The normalized spacial score (nSPS) is 14.6. The van der Waals surface area contributed by atoms with Crippen molar-refractivity contribution in [1.29, 1.82) is 5.26 Å². The van der Waals surface area contributed by atoms with Gasteiger partial charge in [-0.1, -0.05) is 32.0 Å². The zero-order valence-electron chi connectivity index (χ0n) is 19.3. The average Bonchev–Trinajstić information content (AvgIpc) is 3.21. The van der Waals surface area contributed by atoms with Gasteiger partial charge in [-0.05, 0) is 68.0 Å².